The molecule has 9 heavy (non-hydrogen) atoms. The summed E-state index contributed by atoms with van der Waals surface area (Å²) >= 11 is 0. The smallest absolute Gasteiger partial charge is 0.000465 e. The summed E-state index contributed by atoms with van der Waals surface area (Å²) in [5.74, 6) is 1.14. The van der Waals surface area contributed by atoms with Gasteiger partial charge in [0.2, 0.25) is 0 Å². The second kappa shape index (κ2) is 1.42. The fourth-order valence-electron chi connectivity index (χ4n) is 2.69. The van der Waals surface area contributed by atoms with Gasteiger partial charge in [-0.25, -0.2) is 0 Å². The first-order valence-corrected chi connectivity index (χ1v) is 5.56. The molecule has 4 unspecified atom stereocenters. The summed E-state index contributed by atoms with van der Waals surface area (Å²) in [6.07, 6.45) is 9.73. The minimum absolute atomic E-state index is 0.509. The van der Waals surface area contributed by atoms with E-state index in [0.29, 0.717) is 7.92 Å². The molecule has 3 aliphatic heterocycles. The summed E-state index contributed by atoms with van der Waals surface area (Å²) in [4.78, 5) is 0. The molecule has 3 rings (SSSR count). The Hall–Kier alpha value is 0.170. The molecule has 4 atom stereocenters. The van der Waals surface area contributed by atoms with Crippen LogP contribution in [0.15, 0.2) is 12.2 Å². The van der Waals surface area contributed by atoms with E-state index in [4.69, 9.17) is 0 Å². The maximum Gasteiger partial charge on any atom is 0.000465 e. The molecule has 2 saturated heterocycles. The highest BCUT2D eigenvalue weighted by Crippen LogP contribution is 2.68. The van der Waals surface area contributed by atoms with Crippen molar-refractivity contribution in [3.05, 3.63) is 12.2 Å². The van der Waals surface area contributed by atoms with E-state index in [9.17, 15) is 0 Å². The number of hydrogen-bond donors (Lipinski definition) is 0. The Bertz CT molecular complexity index is 173. The summed E-state index contributed by atoms with van der Waals surface area (Å²) in [5.41, 5.74) is 2.19. The van der Waals surface area contributed by atoms with Gasteiger partial charge in [-0.1, -0.05) is 20.1 Å². The van der Waals surface area contributed by atoms with Crippen molar-refractivity contribution in [1.82, 2.24) is 0 Å². The second-order valence-electron chi connectivity index (χ2n) is 3.47. The molecular formula is C8H11P. The lowest BCUT2D eigenvalue weighted by molar-refractivity contribution is 0.518. The molecule has 48 valence electrons. The van der Waals surface area contributed by atoms with Crippen molar-refractivity contribution in [2.75, 3.05) is 6.16 Å². The van der Waals surface area contributed by atoms with E-state index in [-0.39, 0.29) is 0 Å². The van der Waals surface area contributed by atoms with Crippen LogP contribution >= 0.6 is 7.92 Å². The molecule has 0 aromatic carbocycles. The van der Waals surface area contributed by atoms with E-state index >= 15 is 0 Å². The molecule has 0 aromatic heterocycles. The molecule has 3 heterocycles. The zero-order valence-corrected chi connectivity index (χ0v) is 6.35. The Morgan fingerprint density at radius 2 is 2.33 bits per heavy atom. The maximum atomic E-state index is 2.51. The monoisotopic (exact) mass is 138 g/mol. The van der Waals surface area contributed by atoms with Crippen molar-refractivity contribution >= 4 is 7.92 Å². The third kappa shape index (κ3) is 0.454. The summed E-state index contributed by atoms with van der Waals surface area (Å²) in [6, 6.07) is 0. The zero-order valence-electron chi connectivity index (χ0n) is 5.46. The number of rotatable bonds is 0. The van der Waals surface area contributed by atoms with Crippen LogP contribution in [0.1, 0.15) is 12.8 Å². The zero-order chi connectivity index (χ0) is 5.84. The van der Waals surface area contributed by atoms with Gasteiger partial charge in [0.05, 0.1) is 0 Å². The van der Waals surface area contributed by atoms with Crippen LogP contribution < -0.4 is 0 Å². The summed E-state index contributed by atoms with van der Waals surface area (Å²) in [5, 5.41) is 0. The average Bonchev–Trinajstić information content (AvgIpc) is 2.50. The fraction of sp³-hybridized carbons (Fsp3) is 0.750. The van der Waals surface area contributed by atoms with Crippen LogP contribution in [0.3, 0.4) is 0 Å². The van der Waals surface area contributed by atoms with Gasteiger partial charge in [-0.05, 0) is 30.6 Å². The Labute approximate surface area is 57.1 Å². The number of hydrogen-bond acceptors (Lipinski definition) is 0. The first kappa shape index (κ1) is 4.91. The van der Waals surface area contributed by atoms with E-state index in [1.165, 1.54) is 0 Å². The Morgan fingerprint density at radius 3 is 2.89 bits per heavy atom. The quantitative estimate of drug-likeness (QED) is 0.355. The van der Waals surface area contributed by atoms with E-state index in [1.807, 2.05) is 0 Å². The lowest BCUT2D eigenvalue weighted by Crippen LogP contribution is -2.10. The molecule has 0 aromatic rings. The van der Waals surface area contributed by atoms with Crippen LogP contribution in [0.5, 0.6) is 0 Å². The third-order valence-corrected chi connectivity index (χ3v) is 6.49. The normalized spacial score (nSPS) is 59.6. The topological polar surface area (TPSA) is 0 Å². The third-order valence-electron chi connectivity index (χ3n) is 3.12. The van der Waals surface area contributed by atoms with E-state index in [1.54, 1.807) is 19.0 Å². The Kier molecular flexibility index (Phi) is 0.777. The van der Waals surface area contributed by atoms with E-state index in [0.717, 1.165) is 17.2 Å². The van der Waals surface area contributed by atoms with Gasteiger partial charge in [0.25, 0.3) is 0 Å². The van der Waals surface area contributed by atoms with Gasteiger partial charge < -0.3 is 0 Å². The van der Waals surface area contributed by atoms with E-state index in [2.05, 4.69) is 12.2 Å². The van der Waals surface area contributed by atoms with Crippen LogP contribution in [0, 0.1) is 5.92 Å². The molecule has 0 radical (unpaired) electrons. The van der Waals surface area contributed by atoms with Crippen molar-refractivity contribution in [3.63, 3.8) is 0 Å². The van der Waals surface area contributed by atoms with Crippen molar-refractivity contribution in [1.29, 1.82) is 0 Å². The van der Waals surface area contributed by atoms with Gasteiger partial charge in [0, 0.05) is 5.66 Å². The van der Waals surface area contributed by atoms with Gasteiger partial charge in [0.15, 0.2) is 0 Å². The van der Waals surface area contributed by atoms with Crippen LogP contribution in [0.25, 0.3) is 0 Å². The highest BCUT2D eigenvalue weighted by Gasteiger charge is 2.48. The van der Waals surface area contributed by atoms with Crippen LogP contribution in [0.4, 0.5) is 0 Å². The predicted molar refractivity (Wildman–Crippen MR) is 41.2 cm³/mol. The highest BCUT2D eigenvalue weighted by atomic mass is 31.1. The van der Waals surface area contributed by atoms with E-state index < -0.39 is 0 Å². The molecule has 0 amide bonds. The number of allylic oxidation sites excluding steroid dienone is 2. The SMILES string of the molecule is C1=CC2C3CCP2C1C3. The van der Waals surface area contributed by atoms with Gasteiger partial charge in [0.1, 0.15) is 0 Å². The van der Waals surface area contributed by atoms with Crippen molar-refractivity contribution < 1.29 is 0 Å². The first-order valence-electron chi connectivity index (χ1n) is 3.89. The van der Waals surface area contributed by atoms with Gasteiger partial charge >= 0.3 is 0 Å². The van der Waals surface area contributed by atoms with Crippen LogP contribution in [0.2, 0.25) is 0 Å². The Balaban J connectivity index is 2.10. The molecule has 4 bridgehead atoms. The van der Waals surface area contributed by atoms with Crippen molar-refractivity contribution in [2.24, 2.45) is 5.92 Å². The van der Waals surface area contributed by atoms with Gasteiger partial charge in [-0.2, -0.15) is 0 Å². The van der Waals surface area contributed by atoms with Crippen molar-refractivity contribution in [2.45, 2.75) is 24.2 Å². The van der Waals surface area contributed by atoms with Crippen molar-refractivity contribution in [3.8, 4) is 0 Å². The van der Waals surface area contributed by atoms with Crippen LogP contribution in [-0.2, 0) is 0 Å². The summed E-state index contributed by atoms with van der Waals surface area (Å²) in [7, 11) is 0.509. The lowest BCUT2D eigenvalue weighted by Gasteiger charge is -2.16. The molecule has 0 nitrogen and oxygen atoms in total. The molecule has 1 heteroatoms. The lowest BCUT2D eigenvalue weighted by atomic mass is 9.92. The predicted octanol–water partition coefficient (Wildman–Crippen LogP) is 2.20. The largest absolute Gasteiger partial charge is 0.0923 e. The fourth-order valence-corrected chi connectivity index (χ4v) is 6.39. The average molecular weight is 138 g/mol. The van der Waals surface area contributed by atoms with Gasteiger partial charge in [-0.3, -0.25) is 0 Å². The maximum absolute atomic E-state index is 2.51. The minimum atomic E-state index is 0.509. The molecule has 3 aliphatic rings. The molecule has 0 aliphatic carbocycles. The van der Waals surface area contributed by atoms with Gasteiger partial charge in [-0.15, -0.1) is 0 Å². The Morgan fingerprint density at radius 1 is 1.33 bits per heavy atom. The summed E-state index contributed by atoms with van der Waals surface area (Å²) in [6.45, 7) is 0. The molecule has 2 fully saturated rings. The minimum Gasteiger partial charge on any atom is -0.0923 e. The molecule has 0 N–H and O–H groups in total. The standard InChI is InChI=1S/C8H11P/c1-2-8-6-3-4-9(8)7(1)5-6/h1-2,6-8H,3-5H2. The summed E-state index contributed by atoms with van der Waals surface area (Å²) < 4.78 is 0. The highest BCUT2D eigenvalue weighted by molar-refractivity contribution is 7.60. The van der Waals surface area contributed by atoms with Crippen LogP contribution in [-0.4, -0.2) is 17.5 Å². The molecule has 0 saturated carbocycles. The second-order valence-corrected chi connectivity index (χ2v) is 6.20. The first-order chi connectivity index (χ1) is 4.45. The molecule has 0 spiro atoms. The molecular weight excluding hydrogens is 127 g/mol.